The van der Waals surface area contributed by atoms with Gasteiger partial charge in [0.1, 0.15) is 5.75 Å². The number of hydrogen-bond acceptors (Lipinski definition) is 5. The number of benzene rings is 3. The summed E-state index contributed by atoms with van der Waals surface area (Å²) in [6.07, 6.45) is 0. The van der Waals surface area contributed by atoms with Gasteiger partial charge in [0.25, 0.3) is 5.91 Å². The third kappa shape index (κ3) is 5.90. The van der Waals surface area contributed by atoms with Crippen LogP contribution in [-0.4, -0.2) is 69.4 Å². The smallest absolute Gasteiger partial charge is 0.257 e. The molecule has 1 heterocycles. The van der Waals surface area contributed by atoms with Gasteiger partial charge in [0.05, 0.1) is 4.90 Å². The molecular formula is C25H29N3O4S. The van der Waals surface area contributed by atoms with Gasteiger partial charge in [-0.05, 0) is 42.0 Å². The molecule has 0 atom stereocenters. The largest absolute Gasteiger partial charge is 0.484 e. The first-order valence-corrected chi connectivity index (χ1v) is 12.5. The summed E-state index contributed by atoms with van der Waals surface area (Å²) in [4.78, 5) is 14.6. The van der Waals surface area contributed by atoms with Crippen molar-refractivity contribution in [3.8, 4) is 5.75 Å². The Balaban J connectivity index is 1.17. The number of sulfonamides is 1. The fraction of sp³-hybridized carbons (Fsp3) is 0.320. The van der Waals surface area contributed by atoms with Crippen molar-refractivity contribution in [1.29, 1.82) is 0 Å². The highest BCUT2D eigenvalue weighted by atomic mass is 32.2. The number of ether oxygens (including phenoxy) is 1. The van der Waals surface area contributed by atoms with Gasteiger partial charge in [-0.3, -0.25) is 9.69 Å². The molecule has 1 N–H and O–H groups in total. The lowest BCUT2D eigenvalue weighted by Gasteiger charge is -2.34. The Hall–Kier alpha value is -2.94. The molecule has 0 radical (unpaired) electrons. The maximum absolute atomic E-state index is 12.8. The zero-order chi connectivity index (χ0) is 23.3. The van der Waals surface area contributed by atoms with Gasteiger partial charge >= 0.3 is 0 Å². The summed E-state index contributed by atoms with van der Waals surface area (Å²) in [6.45, 7) is 5.20. The predicted octanol–water partition coefficient (Wildman–Crippen LogP) is 2.65. The first-order chi connectivity index (χ1) is 15.9. The molecule has 4 rings (SSSR count). The molecule has 1 aliphatic rings. The Morgan fingerprint density at radius 3 is 2.36 bits per heavy atom. The number of piperazine rings is 1. The molecule has 0 spiro atoms. The highest BCUT2D eigenvalue weighted by Gasteiger charge is 2.28. The van der Waals surface area contributed by atoms with E-state index >= 15 is 0 Å². The van der Waals surface area contributed by atoms with Gasteiger partial charge in [-0.25, -0.2) is 8.42 Å². The molecule has 1 aliphatic heterocycles. The molecule has 3 aromatic rings. The van der Waals surface area contributed by atoms with Crippen LogP contribution in [0, 0.1) is 6.92 Å². The number of nitrogens with zero attached hydrogens (tertiary/aromatic N) is 2. The van der Waals surface area contributed by atoms with Crippen LogP contribution in [0.3, 0.4) is 0 Å². The Morgan fingerprint density at radius 1 is 0.939 bits per heavy atom. The van der Waals surface area contributed by atoms with E-state index in [9.17, 15) is 13.2 Å². The first kappa shape index (κ1) is 23.2. The molecule has 1 amide bonds. The van der Waals surface area contributed by atoms with Crippen molar-refractivity contribution in [3.63, 3.8) is 0 Å². The average molecular weight is 468 g/mol. The Labute approximate surface area is 195 Å². The summed E-state index contributed by atoms with van der Waals surface area (Å²) >= 11 is 0. The SMILES string of the molecule is Cc1ccc(S(=O)(=O)N2CCN(CCNC(=O)COc3ccc4ccccc4c3)CC2)cc1. The van der Waals surface area contributed by atoms with Crippen LogP contribution in [0.15, 0.2) is 71.6 Å². The molecule has 3 aromatic carbocycles. The highest BCUT2D eigenvalue weighted by molar-refractivity contribution is 7.89. The molecule has 174 valence electrons. The molecule has 0 saturated carbocycles. The third-order valence-electron chi connectivity index (χ3n) is 5.83. The number of fused-ring (bicyclic) bond motifs is 1. The minimum Gasteiger partial charge on any atom is -0.484 e. The van der Waals surface area contributed by atoms with Gasteiger partial charge in [-0.15, -0.1) is 0 Å². The lowest BCUT2D eigenvalue weighted by atomic mass is 10.1. The molecule has 0 aromatic heterocycles. The number of amides is 1. The maximum atomic E-state index is 12.8. The van der Waals surface area contributed by atoms with Crippen molar-refractivity contribution in [2.45, 2.75) is 11.8 Å². The minimum atomic E-state index is -3.46. The number of rotatable bonds is 8. The van der Waals surface area contributed by atoms with Crippen LogP contribution in [0.25, 0.3) is 10.8 Å². The summed E-state index contributed by atoms with van der Waals surface area (Å²) in [5.74, 6) is 0.485. The van der Waals surface area contributed by atoms with Crippen LogP contribution in [0.1, 0.15) is 5.56 Å². The molecule has 33 heavy (non-hydrogen) atoms. The first-order valence-electron chi connectivity index (χ1n) is 11.1. The van der Waals surface area contributed by atoms with E-state index in [1.54, 1.807) is 12.1 Å². The monoisotopic (exact) mass is 467 g/mol. The second kappa shape index (κ2) is 10.3. The summed E-state index contributed by atoms with van der Waals surface area (Å²) in [5, 5.41) is 5.07. The zero-order valence-corrected chi connectivity index (χ0v) is 19.6. The molecule has 0 unspecified atom stereocenters. The second-order valence-electron chi connectivity index (χ2n) is 8.21. The molecule has 7 nitrogen and oxygen atoms in total. The lowest BCUT2D eigenvalue weighted by Crippen LogP contribution is -2.50. The van der Waals surface area contributed by atoms with Gasteiger partial charge in [-0.1, -0.05) is 48.0 Å². The van der Waals surface area contributed by atoms with Crippen LogP contribution in [-0.2, 0) is 14.8 Å². The van der Waals surface area contributed by atoms with E-state index < -0.39 is 10.0 Å². The summed E-state index contributed by atoms with van der Waals surface area (Å²) in [7, 11) is -3.46. The molecule has 1 saturated heterocycles. The lowest BCUT2D eigenvalue weighted by molar-refractivity contribution is -0.123. The summed E-state index contributed by atoms with van der Waals surface area (Å²) < 4.78 is 32.8. The second-order valence-corrected chi connectivity index (χ2v) is 10.1. The third-order valence-corrected chi connectivity index (χ3v) is 7.74. The van der Waals surface area contributed by atoms with E-state index in [1.165, 1.54) is 4.31 Å². The number of carbonyl (C=O) groups excluding carboxylic acids is 1. The standard InChI is InChI=1S/C25H29N3O4S/c1-20-6-10-24(11-7-20)33(30,31)28-16-14-27(15-17-28)13-12-26-25(29)19-32-23-9-8-21-4-2-3-5-22(21)18-23/h2-11,18H,12-17,19H2,1H3,(H,26,29). The van der Waals surface area contributed by atoms with Gasteiger partial charge in [0.2, 0.25) is 10.0 Å². The van der Waals surface area contributed by atoms with Crippen molar-refractivity contribution in [1.82, 2.24) is 14.5 Å². The Morgan fingerprint density at radius 2 is 1.64 bits per heavy atom. The molecule has 1 fully saturated rings. The molecule has 8 heteroatoms. The van der Waals surface area contributed by atoms with Gasteiger partial charge in [0, 0.05) is 39.3 Å². The molecule has 0 aliphatic carbocycles. The fourth-order valence-electron chi connectivity index (χ4n) is 3.86. The van der Waals surface area contributed by atoms with Crippen LogP contribution < -0.4 is 10.1 Å². The van der Waals surface area contributed by atoms with Crippen molar-refractivity contribution < 1.29 is 17.9 Å². The molecule has 0 bridgehead atoms. The predicted molar refractivity (Wildman–Crippen MR) is 129 cm³/mol. The number of nitrogens with one attached hydrogen (secondary N) is 1. The van der Waals surface area contributed by atoms with Crippen molar-refractivity contribution in [2.24, 2.45) is 0 Å². The van der Waals surface area contributed by atoms with Gasteiger partial charge in [-0.2, -0.15) is 4.31 Å². The summed E-state index contributed by atoms with van der Waals surface area (Å²) in [6, 6.07) is 20.7. The number of carbonyl (C=O) groups is 1. The van der Waals surface area contributed by atoms with Gasteiger partial charge < -0.3 is 10.1 Å². The number of hydrogen-bond donors (Lipinski definition) is 1. The van der Waals surface area contributed by atoms with Crippen LogP contribution in [0.5, 0.6) is 5.75 Å². The highest BCUT2D eigenvalue weighted by Crippen LogP contribution is 2.20. The Kier molecular flexibility index (Phi) is 7.27. The van der Waals surface area contributed by atoms with E-state index in [2.05, 4.69) is 10.2 Å². The average Bonchev–Trinajstić information content (AvgIpc) is 2.83. The fourth-order valence-corrected chi connectivity index (χ4v) is 5.29. The summed E-state index contributed by atoms with van der Waals surface area (Å²) in [5.41, 5.74) is 1.03. The Bertz CT molecular complexity index is 1200. The van der Waals surface area contributed by atoms with Crippen LogP contribution >= 0.6 is 0 Å². The van der Waals surface area contributed by atoms with E-state index in [-0.39, 0.29) is 12.5 Å². The maximum Gasteiger partial charge on any atom is 0.257 e. The van der Waals surface area contributed by atoms with Crippen LogP contribution in [0.2, 0.25) is 0 Å². The van der Waals surface area contributed by atoms with E-state index in [0.29, 0.717) is 49.9 Å². The van der Waals surface area contributed by atoms with E-state index in [1.807, 2.05) is 61.5 Å². The van der Waals surface area contributed by atoms with Crippen molar-refractivity contribution in [3.05, 3.63) is 72.3 Å². The topological polar surface area (TPSA) is 79.0 Å². The van der Waals surface area contributed by atoms with E-state index in [0.717, 1.165) is 16.3 Å². The van der Waals surface area contributed by atoms with Crippen molar-refractivity contribution in [2.75, 3.05) is 45.9 Å². The molecular weight excluding hydrogens is 438 g/mol. The number of aryl methyl sites for hydroxylation is 1. The van der Waals surface area contributed by atoms with E-state index in [4.69, 9.17) is 4.74 Å². The van der Waals surface area contributed by atoms with Crippen LogP contribution in [0.4, 0.5) is 0 Å². The van der Waals surface area contributed by atoms with Crippen molar-refractivity contribution >= 4 is 26.7 Å². The minimum absolute atomic E-state index is 0.0408. The normalized spacial score (nSPS) is 15.4. The quantitative estimate of drug-likeness (QED) is 0.551. The van der Waals surface area contributed by atoms with Gasteiger partial charge in [0.15, 0.2) is 6.61 Å². The zero-order valence-electron chi connectivity index (χ0n) is 18.7.